The lowest BCUT2D eigenvalue weighted by Gasteiger charge is -2.23. The van der Waals surface area contributed by atoms with E-state index < -0.39 is 5.60 Å². The molecule has 1 heterocycles. The normalized spacial score (nSPS) is 13.5. The zero-order chi connectivity index (χ0) is 16.8. The molecule has 0 aromatic carbocycles. The van der Waals surface area contributed by atoms with Gasteiger partial charge in [0.15, 0.2) is 0 Å². The SMILES string of the molecule is CCNC(=O)CCCC(=O)NCC(C)(O)c1cc(C)oc1C. The number of carbonyl (C=O) groups is 2. The Hall–Kier alpha value is -1.82. The number of hydrogen-bond acceptors (Lipinski definition) is 4. The molecule has 0 spiro atoms. The van der Waals surface area contributed by atoms with Gasteiger partial charge in [-0.15, -0.1) is 0 Å². The molecule has 1 unspecified atom stereocenters. The van der Waals surface area contributed by atoms with Crippen molar-refractivity contribution >= 4 is 11.8 Å². The second-order valence-electron chi connectivity index (χ2n) is 5.68. The van der Waals surface area contributed by atoms with Crippen LogP contribution in [0.1, 0.15) is 50.2 Å². The van der Waals surface area contributed by atoms with Crippen molar-refractivity contribution in [2.24, 2.45) is 0 Å². The molecule has 0 fully saturated rings. The van der Waals surface area contributed by atoms with Crippen molar-refractivity contribution in [2.45, 2.75) is 52.6 Å². The highest BCUT2D eigenvalue weighted by Crippen LogP contribution is 2.26. The molecule has 3 N–H and O–H groups in total. The molecule has 2 amide bonds. The lowest BCUT2D eigenvalue weighted by atomic mass is 9.96. The van der Waals surface area contributed by atoms with E-state index >= 15 is 0 Å². The summed E-state index contributed by atoms with van der Waals surface area (Å²) in [5.41, 5.74) is -0.510. The third-order valence-corrected chi connectivity index (χ3v) is 3.43. The van der Waals surface area contributed by atoms with Gasteiger partial charge in [0.1, 0.15) is 17.1 Å². The Balaban J connectivity index is 2.40. The molecule has 0 aliphatic rings. The summed E-state index contributed by atoms with van der Waals surface area (Å²) in [6, 6.07) is 1.77. The Morgan fingerprint density at radius 1 is 1.23 bits per heavy atom. The van der Waals surface area contributed by atoms with Crippen molar-refractivity contribution in [3.8, 4) is 0 Å². The van der Waals surface area contributed by atoms with Gasteiger partial charge in [-0.1, -0.05) is 0 Å². The van der Waals surface area contributed by atoms with Crippen LogP contribution in [0.3, 0.4) is 0 Å². The second kappa shape index (κ2) is 7.98. The third-order valence-electron chi connectivity index (χ3n) is 3.43. The standard InChI is InChI=1S/C16H26N2O4/c1-5-17-14(19)7-6-8-15(20)18-10-16(4,21)13-9-11(2)22-12(13)3/h9,21H,5-8,10H2,1-4H3,(H,17,19)(H,18,20). The van der Waals surface area contributed by atoms with E-state index in [1.807, 2.05) is 13.8 Å². The molecule has 0 aliphatic heterocycles. The van der Waals surface area contributed by atoms with E-state index in [9.17, 15) is 14.7 Å². The van der Waals surface area contributed by atoms with Crippen molar-refractivity contribution in [1.82, 2.24) is 10.6 Å². The van der Waals surface area contributed by atoms with Gasteiger partial charge >= 0.3 is 0 Å². The van der Waals surface area contributed by atoms with Gasteiger partial charge in [-0.2, -0.15) is 0 Å². The first kappa shape index (κ1) is 18.2. The van der Waals surface area contributed by atoms with Crippen LogP contribution in [-0.4, -0.2) is 30.0 Å². The van der Waals surface area contributed by atoms with E-state index in [2.05, 4.69) is 10.6 Å². The summed E-state index contributed by atoms with van der Waals surface area (Å²) < 4.78 is 5.40. The Bertz CT molecular complexity index is 520. The first-order chi connectivity index (χ1) is 10.3. The zero-order valence-corrected chi connectivity index (χ0v) is 13.8. The highest BCUT2D eigenvalue weighted by molar-refractivity contribution is 5.78. The van der Waals surface area contributed by atoms with E-state index in [0.29, 0.717) is 30.7 Å². The van der Waals surface area contributed by atoms with E-state index in [1.165, 1.54) is 0 Å². The largest absolute Gasteiger partial charge is 0.466 e. The minimum absolute atomic E-state index is 0.0493. The van der Waals surface area contributed by atoms with Gasteiger partial charge in [-0.3, -0.25) is 9.59 Å². The van der Waals surface area contributed by atoms with Crippen LogP contribution in [-0.2, 0) is 15.2 Å². The summed E-state index contributed by atoms with van der Waals surface area (Å²) in [5, 5.41) is 15.9. The van der Waals surface area contributed by atoms with Gasteiger partial charge in [-0.05, 0) is 40.2 Å². The number of amides is 2. The van der Waals surface area contributed by atoms with Gasteiger partial charge in [0.05, 0.1) is 6.54 Å². The van der Waals surface area contributed by atoms with Crippen LogP contribution in [0.4, 0.5) is 0 Å². The van der Waals surface area contributed by atoms with Crippen LogP contribution in [0.25, 0.3) is 0 Å². The minimum atomic E-state index is -1.18. The van der Waals surface area contributed by atoms with Gasteiger partial charge < -0.3 is 20.2 Å². The van der Waals surface area contributed by atoms with Gasteiger partial charge in [-0.25, -0.2) is 0 Å². The molecule has 0 bridgehead atoms. The number of rotatable bonds is 8. The van der Waals surface area contributed by atoms with Crippen molar-refractivity contribution < 1.29 is 19.1 Å². The fourth-order valence-electron chi connectivity index (χ4n) is 2.31. The molecule has 6 nitrogen and oxygen atoms in total. The van der Waals surface area contributed by atoms with Crippen LogP contribution < -0.4 is 10.6 Å². The molecule has 6 heteroatoms. The highest BCUT2D eigenvalue weighted by atomic mass is 16.3. The molecule has 0 aliphatic carbocycles. The maximum atomic E-state index is 11.8. The van der Waals surface area contributed by atoms with Gasteiger partial charge in [0.2, 0.25) is 11.8 Å². The number of carbonyl (C=O) groups excluding carboxylic acids is 2. The number of aliphatic hydroxyl groups is 1. The molecular weight excluding hydrogens is 284 g/mol. The van der Waals surface area contributed by atoms with Crippen molar-refractivity contribution in [2.75, 3.05) is 13.1 Å². The Morgan fingerprint density at radius 3 is 2.32 bits per heavy atom. The smallest absolute Gasteiger partial charge is 0.220 e. The lowest BCUT2D eigenvalue weighted by molar-refractivity contribution is -0.123. The first-order valence-electron chi connectivity index (χ1n) is 7.59. The van der Waals surface area contributed by atoms with Crippen LogP contribution in [0, 0.1) is 13.8 Å². The summed E-state index contributed by atoms with van der Waals surface area (Å²) in [6.45, 7) is 7.78. The lowest BCUT2D eigenvalue weighted by Crippen LogP contribution is -2.38. The van der Waals surface area contributed by atoms with Crippen LogP contribution in [0.15, 0.2) is 10.5 Å². The van der Waals surface area contributed by atoms with Crippen molar-refractivity contribution in [3.05, 3.63) is 23.2 Å². The first-order valence-corrected chi connectivity index (χ1v) is 7.59. The molecule has 1 aromatic rings. The quantitative estimate of drug-likeness (QED) is 0.679. The number of furan rings is 1. The molecule has 0 radical (unpaired) electrons. The maximum Gasteiger partial charge on any atom is 0.220 e. The van der Waals surface area contributed by atoms with Crippen LogP contribution in [0.5, 0.6) is 0 Å². The summed E-state index contributed by atoms with van der Waals surface area (Å²) >= 11 is 0. The number of hydrogen-bond donors (Lipinski definition) is 3. The van der Waals surface area contributed by atoms with Crippen molar-refractivity contribution in [1.29, 1.82) is 0 Å². The topological polar surface area (TPSA) is 91.6 Å². The molecule has 22 heavy (non-hydrogen) atoms. The average molecular weight is 310 g/mol. The summed E-state index contributed by atoms with van der Waals surface area (Å²) in [5.74, 6) is 1.14. The van der Waals surface area contributed by atoms with Gasteiger partial charge in [0.25, 0.3) is 0 Å². The highest BCUT2D eigenvalue weighted by Gasteiger charge is 2.28. The molecular formula is C16H26N2O4. The number of aryl methyl sites for hydroxylation is 2. The fourth-order valence-corrected chi connectivity index (χ4v) is 2.31. The average Bonchev–Trinajstić information content (AvgIpc) is 2.77. The molecule has 1 aromatic heterocycles. The van der Waals surface area contributed by atoms with Crippen LogP contribution >= 0.6 is 0 Å². The molecule has 0 saturated carbocycles. The molecule has 0 saturated heterocycles. The maximum absolute atomic E-state index is 11.8. The molecule has 124 valence electrons. The van der Waals surface area contributed by atoms with E-state index in [-0.39, 0.29) is 24.8 Å². The number of nitrogens with one attached hydrogen (secondary N) is 2. The Kier molecular flexibility index (Phi) is 6.61. The van der Waals surface area contributed by atoms with E-state index in [0.717, 1.165) is 5.76 Å². The molecule has 1 rings (SSSR count). The Labute approximate surface area is 131 Å². The molecule has 1 atom stereocenters. The fraction of sp³-hybridized carbons (Fsp3) is 0.625. The summed E-state index contributed by atoms with van der Waals surface area (Å²) in [7, 11) is 0. The van der Waals surface area contributed by atoms with Gasteiger partial charge in [0, 0.05) is 24.9 Å². The predicted molar refractivity (Wildman–Crippen MR) is 83.3 cm³/mol. The summed E-state index contributed by atoms with van der Waals surface area (Å²) in [6.07, 6.45) is 1.08. The third kappa shape index (κ3) is 5.52. The van der Waals surface area contributed by atoms with E-state index in [1.54, 1.807) is 19.9 Å². The summed E-state index contributed by atoms with van der Waals surface area (Å²) in [4.78, 5) is 23.0. The van der Waals surface area contributed by atoms with Crippen LogP contribution in [0.2, 0.25) is 0 Å². The minimum Gasteiger partial charge on any atom is -0.466 e. The van der Waals surface area contributed by atoms with Crippen molar-refractivity contribution in [3.63, 3.8) is 0 Å². The predicted octanol–water partition coefficient (Wildman–Crippen LogP) is 1.53. The zero-order valence-electron chi connectivity index (χ0n) is 13.8. The monoisotopic (exact) mass is 310 g/mol. The Morgan fingerprint density at radius 2 is 1.82 bits per heavy atom. The van der Waals surface area contributed by atoms with E-state index in [4.69, 9.17) is 4.42 Å². The second-order valence-corrected chi connectivity index (χ2v) is 5.68.